The average Bonchev–Trinajstić information content (AvgIpc) is 2.30. The first kappa shape index (κ1) is 9.56. The molecule has 0 saturated carbocycles. The van der Waals surface area contributed by atoms with Gasteiger partial charge in [-0.15, -0.1) is 0 Å². The highest BCUT2D eigenvalue weighted by molar-refractivity contribution is 5.78. The average molecular weight is 169 g/mol. The van der Waals surface area contributed by atoms with Crippen molar-refractivity contribution in [1.82, 2.24) is 4.90 Å². The molecule has 0 unspecified atom stereocenters. The number of likely N-dealkylation sites (tertiary alicyclic amines) is 1. The van der Waals surface area contributed by atoms with Crippen molar-refractivity contribution in [3.05, 3.63) is 0 Å². The number of rotatable bonds is 1. The van der Waals surface area contributed by atoms with E-state index in [1.54, 1.807) is 0 Å². The van der Waals surface area contributed by atoms with Crippen LogP contribution in [0.3, 0.4) is 0 Å². The Kier molecular flexibility index (Phi) is 3.57. The molecular formula is C10H19NO. The third-order valence-electron chi connectivity index (χ3n) is 2.41. The number of hydrogen-bond acceptors (Lipinski definition) is 1. The summed E-state index contributed by atoms with van der Waals surface area (Å²) in [4.78, 5) is 13.6. The first-order valence-electron chi connectivity index (χ1n) is 5.00. The summed E-state index contributed by atoms with van der Waals surface area (Å²) in [7, 11) is 0. The normalized spacial score (nSPS) is 19.4. The maximum Gasteiger partial charge on any atom is 0.225 e. The highest BCUT2D eigenvalue weighted by Crippen LogP contribution is 2.12. The van der Waals surface area contributed by atoms with Crippen LogP contribution in [0, 0.1) is 5.92 Å². The number of carbonyl (C=O) groups is 1. The van der Waals surface area contributed by atoms with Crippen LogP contribution < -0.4 is 0 Å². The Hall–Kier alpha value is -0.530. The van der Waals surface area contributed by atoms with Crippen LogP contribution in [0.4, 0.5) is 0 Å². The molecule has 1 amide bonds. The SMILES string of the molecule is CC(C)C(=O)N1CCCCCC1. The Morgan fingerprint density at radius 1 is 1.08 bits per heavy atom. The Labute approximate surface area is 74.9 Å². The molecule has 0 aromatic carbocycles. The summed E-state index contributed by atoms with van der Waals surface area (Å²) in [5.74, 6) is 0.500. The first-order chi connectivity index (χ1) is 5.72. The van der Waals surface area contributed by atoms with E-state index in [0.717, 1.165) is 13.1 Å². The summed E-state index contributed by atoms with van der Waals surface area (Å²) in [6, 6.07) is 0. The van der Waals surface area contributed by atoms with E-state index in [4.69, 9.17) is 0 Å². The quantitative estimate of drug-likeness (QED) is 0.588. The Balaban J connectivity index is 2.43. The van der Waals surface area contributed by atoms with Crippen LogP contribution in [0.1, 0.15) is 39.5 Å². The van der Waals surface area contributed by atoms with Crippen LogP contribution in [0.25, 0.3) is 0 Å². The van der Waals surface area contributed by atoms with Gasteiger partial charge in [-0.1, -0.05) is 26.7 Å². The summed E-state index contributed by atoms with van der Waals surface area (Å²) in [5.41, 5.74) is 0. The predicted octanol–water partition coefficient (Wildman–Crippen LogP) is 2.04. The Morgan fingerprint density at radius 3 is 2.00 bits per heavy atom. The third-order valence-corrected chi connectivity index (χ3v) is 2.41. The number of carbonyl (C=O) groups excluding carboxylic acids is 1. The van der Waals surface area contributed by atoms with Gasteiger partial charge in [0.25, 0.3) is 0 Å². The summed E-state index contributed by atoms with van der Waals surface area (Å²) in [6.07, 6.45) is 4.97. The van der Waals surface area contributed by atoms with Crippen molar-refractivity contribution in [2.75, 3.05) is 13.1 Å². The zero-order chi connectivity index (χ0) is 8.97. The van der Waals surface area contributed by atoms with Crippen LogP contribution >= 0.6 is 0 Å². The lowest BCUT2D eigenvalue weighted by Gasteiger charge is -2.22. The highest BCUT2D eigenvalue weighted by atomic mass is 16.2. The Bertz CT molecular complexity index is 146. The molecule has 0 aromatic rings. The van der Waals surface area contributed by atoms with E-state index in [0.29, 0.717) is 5.91 Å². The molecule has 1 rings (SSSR count). The zero-order valence-electron chi connectivity index (χ0n) is 8.18. The molecule has 1 saturated heterocycles. The molecule has 0 spiro atoms. The molecule has 2 heteroatoms. The van der Waals surface area contributed by atoms with Gasteiger partial charge in [0.2, 0.25) is 5.91 Å². The minimum Gasteiger partial charge on any atom is -0.342 e. The predicted molar refractivity (Wildman–Crippen MR) is 49.9 cm³/mol. The summed E-state index contributed by atoms with van der Waals surface area (Å²) < 4.78 is 0. The van der Waals surface area contributed by atoms with E-state index in [1.807, 2.05) is 18.7 Å². The summed E-state index contributed by atoms with van der Waals surface area (Å²) in [5, 5.41) is 0. The molecule has 12 heavy (non-hydrogen) atoms. The van der Waals surface area contributed by atoms with Crippen molar-refractivity contribution in [2.45, 2.75) is 39.5 Å². The molecule has 1 aliphatic heterocycles. The van der Waals surface area contributed by atoms with Crippen LogP contribution in [0.15, 0.2) is 0 Å². The van der Waals surface area contributed by atoms with Gasteiger partial charge in [-0.25, -0.2) is 0 Å². The monoisotopic (exact) mass is 169 g/mol. The molecular weight excluding hydrogens is 150 g/mol. The topological polar surface area (TPSA) is 20.3 Å². The van der Waals surface area contributed by atoms with Crippen molar-refractivity contribution in [2.24, 2.45) is 5.92 Å². The van der Waals surface area contributed by atoms with Crippen molar-refractivity contribution in [3.8, 4) is 0 Å². The highest BCUT2D eigenvalue weighted by Gasteiger charge is 2.17. The second-order valence-electron chi connectivity index (χ2n) is 3.89. The maximum absolute atomic E-state index is 11.6. The molecule has 0 radical (unpaired) electrons. The minimum absolute atomic E-state index is 0.170. The van der Waals surface area contributed by atoms with E-state index in [9.17, 15) is 4.79 Å². The van der Waals surface area contributed by atoms with E-state index < -0.39 is 0 Å². The van der Waals surface area contributed by atoms with Gasteiger partial charge >= 0.3 is 0 Å². The fraction of sp³-hybridized carbons (Fsp3) is 0.900. The molecule has 1 heterocycles. The Morgan fingerprint density at radius 2 is 1.58 bits per heavy atom. The van der Waals surface area contributed by atoms with E-state index in [1.165, 1.54) is 25.7 Å². The van der Waals surface area contributed by atoms with Gasteiger partial charge in [0.15, 0.2) is 0 Å². The molecule has 1 aliphatic rings. The first-order valence-corrected chi connectivity index (χ1v) is 5.00. The van der Waals surface area contributed by atoms with Gasteiger partial charge in [0, 0.05) is 19.0 Å². The van der Waals surface area contributed by atoms with Crippen molar-refractivity contribution in [1.29, 1.82) is 0 Å². The lowest BCUT2D eigenvalue weighted by Crippen LogP contribution is -2.34. The molecule has 0 N–H and O–H groups in total. The van der Waals surface area contributed by atoms with Crippen LogP contribution in [0.2, 0.25) is 0 Å². The zero-order valence-corrected chi connectivity index (χ0v) is 8.18. The fourth-order valence-electron chi connectivity index (χ4n) is 1.66. The smallest absolute Gasteiger partial charge is 0.225 e. The third kappa shape index (κ3) is 2.50. The van der Waals surface area contributed by atoms with Gasteiger partial charge in [0.05, 0.1) is 0 Å². The number of hydrogen-bond donors (Lipinski definition) is 0. The van der Waals surface area contributed by atoms with Crippen LogP contribution in [-0.4, -0.2) is 23.9 Å². The lowest BCUT2D eigenvalue weighted by atomic mass is 10.2. The van der Waals surface area contributed by atoms with Crippen LogP contribution in [-0.2, 0) is 4.79 Å². The largest absolute Gasteiger partial charge is 0.342 e. The molecule has 0 aliphatic carbocycles. The van der Waals surface area contributed by atoms with Crippen molar-refractivity contribution >= 4 is 5.91 Å². The van der Waals surface area contributed by atoms with E-state index in [2.05, 4.69) is 0 Å². The van der Waals surface area contributed by atoms with Gasteiger partial charge < -0.3 is 4.90 Å². The minimum atomic E-state index is 0.170. The van der Waals surface area contributed by atoms with Crippen LogP contribution in [0.5, 0.6) is 0 Å². The van der Waals surface area contributed by atoms with Gasteiger partial charge in [-0.05, 0) is 12.8 Å². The molecule has 0 aromatic heterocycles. The maximum atomic E-state index is 11.6. The van der Waals surface area contributed by atoms with Gasteiger partial charge in [-0.2, -0.15) is 0 Å². The molecule has 1 fully saturated rings. The molecule has 0 bridgehead atoms. The molecule has 2 nitrogen and oxygen atoms in total. The molecule has 70 valence electrons. The number of amides is 1. The van der Waals surface area contributed by atoms with Gasteiger partial charge in [-0.3, -0.25) is 4.79 Å². The molecule has 0 atom stereocenters. The fourth-order valence-corrected chi connectivity index (χ4v) is 1.66. The van der Waals surface area contributed by atoms with E-state index >= 15 is 0 Å². The van der Waals surface area contributed by atoms with E-state index in [-0.39, 0.29) is 5.92 Å². The van der Waals surface area contributed by atoms with Gasteiger partial charge in [0.1, 0.15) is 0 Å². The standard InChI is InChI=1S/C10H19NO/c1-9(2)10(12)11-7-5-3-4-6-8-11/h9H,3-8H2,1-2H3. The summed E-state index contributed by atoms with van der Waals surface area (Å²) in [6.45, 7) is 5.93. The second kappa shape index (κ2) is 4.48. The second-order valence-corrected chi connectivity index (χ2v) is 3.89. The van der Waals surface area contributed by atoms with Crippen molar-refractivity contribution in [3.63, 3.8) is 0 Å². The van der Waals surface area contributed by atoms with Crippen molar-refractivity contribution < 1.29 is 4.79 Å². The summed E-state index contributed by atoms with van der Waals surface area (Å²) >= 11 is 0. The number of nitrogens with zero attached hydrogens (tertiary/aromatic N) is 1. The lowest BCUT2D eigenvalue weighted by molar-refractivity contribution is -0.134.